The average molecular weight is 272 g/mol. The van der Waals surface area contributed by atoms with Crippen molar-refractivity contribution in [2.75, 3.05) is 0 Å². The number of nitrogens with zero attached hydrogens (tertiary/aromatic N) is 3. The number of hydrogen-bond acceptors (Lipinski definition) is 3. The number of nitrogens with one attached hydrogen (secondary N) is 1. The van der Waals surface area contributed by atoms with Crippen LogP contribution in [0.3, 0.4) is 0 Å². The van der Waals surface area contributed by atoms with Crippen LogP contribution in [0.5, 0.6) is 0 Å². The lowest BCUT2D eigenvalue weighted by atomic mass is 10.1. The SMILES string of the molecule is Cc1ccc(-n2ccn3c(=S)[nH]nc3c2=O)cc1C. The van der Waals surface area contributed by atoms with Crippen LogP contribution in [0.1, 0.15) is 11.1 Å². The van der Waals surface area contributed by atoms with Crippen LogP contribution in [0.2, 0.25) is 0 Å². The molecule has 0 aliphatic carbocycles. The van der Waals surface area contributed by atoms with Gasteiger partial charge < -0.3 is 0 Å². The maximum Gasteiger partial charge on any atom is 0.300 e. The minimum atomic E-state index is -0.196. The van der Waals surface area contributed by atoms with Crippen molar-refractivity contribution in [1.29, 1.82) is 0 Å². The number of benzene rings is 1. The number of hydrogen-bond donors (Lipinski definition) is 1. The van der Waals surface area contributed by atoms with E-state index in [9.17, 15) is 4.79 Å². The van der Waals surface area contributed by atoms with Crippen molar-refractivity contribution >= 4 is 17.9 Å². The molecule has 1 N–H and O–H groups in total. The second-order valence-electron chi connectivity index (χ2n) is 4.46. The molecular formula is C13H12N4OS. The molecule has 2 heterocycles. The van der Waals surface area contributed by atoms with Gasteiger partial charge in [-0.1, -0.05) is 6.07 Å². The standard InChI is InChI=1S/C13H12N4OS/c1-8-3-4-10(7-9(8)2)16-5-6-17-11(12(16)18)14-15-13(17)19/h3-7H,1-2H3,(H,15,19). The van der Waals surface area contributed by atoms with Crippen LogP contribution in [0.4, 0.5) is 0 Å². The third-order valence-corrected chi connectivity index (χ3v) is 3.54. The maximum atomic E-state index is 12.4. The minimum absolute atomic E-state index is 0.196. The van der Waals surface area contributed by atoms with E-state index in [4.69, 9.17) is 12.2 Å². The van der Waals surface area contributed by atoms with E-state index in [1.165, 1.54) is 5.56 Å². The first-order valence-corrected chi connectivity index (χ1v) is 6.25. The Labute approximate surface area is 114 Å². The Morgan fingerprint density at radius 3 is 2.74 bits per heavy atom. The molecule has 0 spiro atoms. The summed E-state index contributed by atoms with van der Waals surface area (Å²) < 4.78 is 3.55. The molecule has 0 bridgehead atoms. The van der Waals surface area contributed by atoms with Gasteiger partial charge in [-0.3, -0.25) is 18.9 Å². The normalized spacial score (nSPS) is 11.1. The maximum absolute atomic E-state index is 12.4. The Bertz CT molecular complexity index is 888. The van der Waals surface area contributed by atoms with Gasteiger partial charge in [-0.15, -0.1) is 5.10 Å². The summed E-state index contributed by atoms with van der Waals surface area (Å²) in [6.45, 7) is 4.06. The van der Waals surface area contributed by atoms with Crippen molar-refractivity contribution in [3.63, 3.8) is 0 Å². The predicted octanol–water partition coefficient (Wildman–Crippen LogP) is 2.16. The number of rotatable bonds is 1. The van der Waals surface area contributed by atoms with E-state index in [1.54, 1.807) is 21.4 Å². The predicted molar refractivity (Wildman–Crippen MR) is 75.4 cm³/mol. The summed E-state index contributed by atoms with van der Waals surface area (Å²) in [6.07, 6.45) is 3.43. The van der Waals surface area contributed by atoms with Crippen molar-refractivity contribution in [2.45, 2.75) is 13.8 Å². The fourth-order valence-electron chi connectivity index (χ4n) is 1.98. The van der Waals surface area contributed by atoms with Gasteiger partial charge in [0.25, 0.3) is 0 Å². The Morgan fingerprint density at radius 2 is 2.00 bits per heavy atom. The molecule has 3 aromatic rings. The zero-order valence-electron chi connectivity index (χ0n) is 10.5. The molecule has 0 saturated carbocycles. The first-order valence-electron chi connectivity index (χ1n) is 5.84. The van der Waals surface area contributed by atoms with Crippen molar-refractivity contribution in [2.24, 2.45) is 0 Å². The first-order chi connectivity index (χ1) is 9.08. The van der Waals surface area contributed by atoms with Crippen LogP contribution >= 0.6 is 12.2 Å². The lowest BCUT2D eigenvalue weighted by molar-refractivity contribution is 0.944. The number of aromatic nitrogens is 4. The number of aryl methyl sites for hydroxylation is 2. The van der Waals surface area contributed by atoms with Crippen molar-refractivity contribution in [3.05, 3.63) is 56.8 Å². The molecule has 3 rings (SSSR count). The Balaban J connectivity index is 2.31. The molecule has 5 nitrogen and oxygen atoms in total. The molecule has 2 aromatic heterocycles. The van der Waals surface area contributed by atoms with E-state index >= 15 is 0 Å². The Hall–Kier alpha value is -2.21. The van der Waals surface area contributed by atoms with Crippen LogP contribution in [0.25, 0.3) is 11.3 Å². The van der Waals surface area contributed by atoms with Gasteiger partial charge in [0.15, 0.2) is 4.77 Å². The second-order valence-corrected chi connectivity index (χ2v) is 4.85. The van der Waals surface area contributed by atoms with Crippen LogP contribution < -0.4 is 5.56 Å². The van der Waals surface area contributed by atoms with Gasteiger partial charge in [0.2, 0.25) is 5.65 Å². The van der Waals surface area contributed by atoms with E-state index in [2.05, 4.69) is 10.2 Å². The molecule has 0 unspecified atom stereocenters. The molecular weight excluding hydrogens is 260 g/mol. The highest BCUT2D eigenvalue weighted by Crippen LogP contribution is 2.12. The fraction of sp³-hybridized carbons (Fsp3) is 0.154. The lowest BCUT2D eigenvalue weighted by Crippen LogP contribution is -2.20. The molecule has 0 atom stereocenters. The minimum Gasteiger partial charge on any atom is -0.280 e. The fourth-order valence-corrected chi connectivity index (χ4v) is 2.17. The monoisotopic (exact) mass is 272 g/mol. The molecule has 0 amide bonds. The van der Waals surface area contributed by atoms with E-state index in [0.29, 0.717) is 10.4 Å². The van der Waals surface area contributed by atoms with Gasteiger partial charge in [0, 0.05) is 18.1 Å². The molecule has 0 aliphatic rings. The van der Waals surface area contributed by atoms with Gasteiger partial charge in [0.05, 0.1) is 0 Å². The summed E-state index contributed by atoms with van der Waals surface area (Å²) >= 11 is 5.04. The third-order valence-electron chi connectivity index (χ3n) is 3.25. The first kappa shape index (κ1) is 11.9. The summed E-state index contributed by atoms with van der Waals surface area (Å²) in [5, 5.41) is 6.58. The number of aromatic amines is 1. The molecule has 6 heteroatoms. The van der Waals surface area contributed by atoms with Crippen LogP contribution in [-0.2, 0) is 0 Å². The van der Waals surface area contributed by atoms with Crippen LogP contribution in [-0.4, -0.2) is 19.2 Å². The number of fused-ring (bicyclic) bond motifs is 1. The zero-order valence-corrected chi connectivity index (χ0v) is 11.4. The summed E-state index contributed by atoms with van der Waals surface area (Å²) in [5.74, 6) is 0. The van der Waals surface area contributed by atoms with Crippen molar-refractivity contribution < 1.29 is 0 Å². The zero-order chi connectivity index (χ0) is 13.6. The van der Waals surface area contributed by atoms with Gasteiger partial charge in [-0.05, 0) is 49.3 Å². The van der Waals surface area contributed by atoms with E-state index in [0.717, 1.165) is 11.3 Å². The Morgan fingerprint density at radius 1 is 1.21 bits per heavy atom. The highest BCUT2D eigenvalue weighted by Gasteiger charge is 2.07. The largest absolute Gasteiger partial charge is 0.300 e. The molecule has 19 heavy (non-hydrogen) atoms. The summed E-state index contributed by atoms with van der Waals surface area (Å²) in [4.78, 5) is 12.4. The topological polar surface area (TPSA) is 55.1 Å². The quantitative estimate of drug-likeness (QED) is 0.691. The van der Waals surface area contributed by atoms with Gasteiger partial charge >= 0.3 is 5.56 Å². The Kier molecular flexibility index (Phi) is 2.60. The van der Waals surface area contributed by atoms with E-state index in [1.807, 2.05) is 32.0 Å². The van der Waals surface area contributed by atoms with Crippen molar-refractivity contribution in [1.82, 2.24) is 19.2 Å². The second kappa shape index (κ2) is 4.17. The van der Waals surface area contributed by atoms with Gasteiger partial charge in [-0.25, -0.2) is 0 Å². The summed E-state index contributed by atoms with van der Waals surface area (Å²) in [7, 11) is 0. The molecule has 0 saturated heterocycles. The highest BCUT2D eigenvalue weighted by atomic mass is 32.1. The van der Waals surface area contributed by atoms with E-state index < -0.39 is 0 Å². The average Bonchev–Trinajstić information content (AvgIpc) is 2.76. The highest BCUT2D eigenvalue weighted by molar-refractivity contribution is 7.71. The molecule has 96 valence electrons. The molecule has 1 aromatic carbocycles. The van der Waals surface area contributed by atoms with Crippen molar-refractivity contribution in [3.8, 4) is 5.69 Å². The van der Waals surface area contributed by atoms with Crippen LogP contribution in [0.15, 0.2) is 35.4 Å². The lowest BCUT2D eigenvalue weighted by Gasteiger charge is -2.08. The van der Waals surface area contributed by atoms with Gasteiger partial charge in [0.1, 0.15) is 0 Å². The summed E-state index contributed by atoms with van der Waals surface area (Å²) in [5.41, 5.74) is 3.26. The summed E-state index contributed by atoms with van der Waals surface area (Å²) in [6, 6.07) is 5.90. The third kappa shape index (κ3) is 1.80. The molecule has 0 radical (unpaired) electrons. The molecule has 0 aliphatic heterocycles. The van der Waals surface area contributed by atoms with Crippen LogP contribution in [0, 0.1) is 18.6 Å². The smallest absolute Gasteiger partial charge is 0.280 e. The molecule has 0 fully saturated rings. The van der Waals surface area contributed by atoms with E-state index in [-0.39, 0.29) is 5.56 Å². The van der Waals surface area contributed by atoms with Gasteiger partial charge in [-0.2, -0.15) is 0 Å². The number of H-pyrrole nitrogens is 1.